The molecule has 1 nitrogen and oxygen atoms in total. The number of rotatable bonds is 4. The smallest absolute Gasteiger partial charge is 0.122 e. The zero-order valence-corrected chi connectivity index (χ0v) is 27.5. The Morgan fingerprint density at radius 2 is 0.891 bits per heavy atom. The molecule has 0 saturated heterocycles. The van der Waals surface area contributed by atoms with Gasteiger partial charge >= 0.3 is 0 Å². The Labute approximate surface area is 272 Å². The Kier molecular flexibility index (Phi) is 6.44. The van der Waals surface area contributed by atoms with Crippen LogP contribution in [0.25, 0.3) is 66.1 Å². The Bertz CT molecular complexity index is 2330. The zero-order valence-electron chi connectivity index (χ0n) is 27.5. The van der Waals surface area contributed by atoms with Crippen LogP contribution in [0.15, 0.2) is 121 Å². The molecule has 0 bridgehead atoms. The maximum absolute atomic E-state index is 5.53. The summed E-state index contributed by atoms with van der Waals surface area (Å²) in [7, 11) is 1.73. The van der Waals surface area contributed by atoms with Gasteiger partial charge in [-0.2, -0.15) is 0 Å². The molecule has 0 amide bonds. The first-order chi connectivity index (χ1) is 22.2. The van der Waals surface area contributed by atoms with Gasteiger partial charge in [0.2, 0.25) is 0 Å². The molecule has 0 N–H and O–H groups in total. The normalized spacial score (nSPS) is 13.2. The maximum atomic E-state index is 5.53. The predicted molar refractivity (Wildman–Crippen MR) is 196 cm³/mol. The van der Waals surface area contributed by atoms with Crippen molar-refractivity contribution in [1.29, 1.82) is 0 Å². The van der Waals surface area contributed by atoms with Crippen LogP contribution < -0.4 is 4.74 Å². The molecule has 0 heterocycles. The molecule has 1 aliphatic rings. The van der Waals surface area contributed by atoms with Crippen molar-refractivity contribution >= 4 is 21.5 Å². The summed E-state index contributed by atoms with van der Waals surface area (Å²) in [6, 6.07) is 45.5. The van der Waals surface area contributed by atoms with E-state index in [1.165, 1.54) is 88.3 Å². The molecule has 8 rings (SSSR count). The van der Waals surface area contributed by atoms with E-state index in [2.05, 4.69) is 156 Å². The van der Waals surface area contributed by atoms with Crippen molar-refractivity contribution in [1.82, 2.24) is 0 Å². The fourth-order valence-corrected chi connectivity index (χ4v) is 7.74. The minimum Gasteiger partial charge on any atom is -0.496 e. The predicted octanol–water partition coefficient (Wildman–Crippen LogP) is 12.2. The van der Waals surface area contributed by atoms with Crippen LogP contribution >= 0.6 is 0 Å². The second-order valence-corrected chi connectivity index (χ2v) is 13.6. The Hall–Kier alpha value is -5.14. The molecule has 0 radical (unpaired) electrons. The summed E-state index contributed by atoms with van der Waals surface area (Å²) >= 11 is 0. The second-order valence-electron chi connectivity index (χ2n) is 13.6. The van der Waals surface area contributed by atoms with Crippen molar-refractivity contribution in [2.75, 3.05) is 7.11 Å². The average molecular weight is 595 g/mol. The van der Waals surface area contributed by atoms with Crippen molar-refractivity contribution in [3.63, 3.8) is 0 Å². The van der Waals surface area contributed by atoms with Crippen LogP contribution in [0.2, 0.25) is 0 Å². The van der Waals surface area contributed by atoms with Gasteiger partial charge in [-0.1, -0.05) is 92.7 Å². The monoisotopic (exact) mass is 594 g/mol. The molecule has 7 aromatic rings. The Morgan fingerprint density at radius 1 is 0.435 bits per heavy atom. The highest BCUT2D eigenvalue weighted by molar-refractivity contribution is 5.94. The quantitative estimate of drug-likeness (QED) is 0.197. The van der Waals surface area contributed by atoms with Gasteiger partial charge in [-0.3, -0.25) is 0 Å². The minimum absolute atomic E-state index is 0.0808. The number of fused-ring (bicyclic) bond motifs is 5. The molecular weight excluding hydrogens is 556 g/mol. The van der Waals surface area contributed by atoms with Gasteiger partial charge in [0.25, 0.3) is 0 Å². The van der Waals surface area contributed by atoms with Gasteiger partial charge in [0.15, 0.2) is 0 Å². The summed E-state index contributed by atoms with van der Waals surface area (Å²) in [6.07, 6.45) is 0. The van der Waals surface area contributed by atoms with Gasteiger partial charge in [-0.15, -0.1) is 0 Å². The van der Waals surface area contributed by atoms with Crippen molar-refractivity contribution in [3.8, 4) is 50.3 Å². The molecule has 0 unspecified atom stereocenters. The maximum Gasteiger partial charge on any atom is 0.122 e. The average Bonchev–Trinajstić information content (AvgIpc) is 3.28. The molecule has 46 heavy (non-hydrogen) atoms. The summed E-state index contributed by atoms with van der Waals surface area (Å²) in [6.45, 7) is 11.3. The standard InChI is InChI=1S/C45H38O/c1-27-8-7-9-28(2)44(27)37-17-19-40-39-18-16-35(24-41(39)45(4,5)42(40)25-37)33-13-12-30-21-32(11-10-31(30)22-33)34-14-15-36-26-43(46-6)29(3)20-38(36)23-34/h7-26H,1-6H3. The van der Waals surface area contributed by atoms with Crippen LogP contribution in [-0.2, 0) is 5.41 Å². The summed E-state index contributed by atoms with van der Waals surface area (Å²) in [5.74, 6) is 0.931. The summed E-state index contributed by atoms with van der Waals surface area (Å²) in [4.78, 5) is 0. The van der Waals surface area contributed by atoms with E-state index in [0.29, 0.717) is 0 Å². The van der Waals surface area contributed by atoms with E-state index in [1.807, 2.05) is 0 Å². The van der Waals surface area contributed by atoms with Gasteiger partial charge in [0.05, 0.1) is 7.11 Å². The second kappa shape index (κ2) is 10.5. The lowest BCUT2D eigenvalue weighted by molar-refractivity contribution is 0.412. The van der Waals surface area contributed by atoms with Gasteiger partial charge in [-0.05, 0) is 157 Å². The molecule has 0 fully saturated rings. The van der Waals surface area contributed by atoms with E-state index in [0.717, 1.165) is 11.3 Å². The first-order valence-corrected chi connectivity index (χ1v) is 16.2. The minimum atomic E-state index is -0.0808. The van der Waals surface area contributed by atoms with Gasteiger partial charge < -0.3 is 4.74 Å². The number of ether oxygens (including phenoxy) is 1. The zero-order chi connectivity index (χ0) is 31.7. The summed E-state index contributed by atoms with van der Waals surface area (Å²) in [5, 5.41) is 4.93. The number of methoxy groups -OCH3 is 1. The van der Waals surface area contributed by atoms with E-state index < -0.39 is 0 Å². The molecule has 1 aliphatic carbocycles. The third-order valence-corrected chi connectivity index (χ3v) is 10.3. The van der Waals surface area contributed by atoms with Crippen molar-refractivity contribution in [2.24, 2.45) is 0 Å². The molecule has 224 valence electrons. The van der Waals surface area contributed by atoms with Gasteiger partial charge in [-0.25, -0.2) is 0 Å². The van der Waals surface area contributed by atoms with E-state index in [4.69, 9.17) is 4.74 Å². The van der Waals surface area contributed by atoms with Crippen LogP contribution in [0.3, 0.4) is 0 Å². The van der Waals surface area contributed by atoms with E-state index in [1.54, 1.807) is 7.11 Å². The molecule has 0 aliphatic heterocycles. The molecule has 0 saturated carbocycles. The molecule has 7 aromatic carbocycles. The van der Waals surface area contributed by atoms with Crippen LogP contribution in [0, 0.1) is 20.8 Å². The van der Waals surface area contributed by atoms with E-state index >= 15 is 0 Å². The Balaban J connectivity index is 1.13. The molecule has 0 atom stereocenters. The lowest BCUT2D eigenvalue weighted by atomic mass is 9.80. The fourth-order valence-electron chi connectivity index (χ4n) is 7.74. The number of hydrogen-bond donors (Lipinski definition) is 0. The van der Waals surface area contributed by atoms with Crippen LogP contribution in [0.4, 0.5) is 0 Å². The lowest BCUT2D eigenvalue weighted by Gasteiger charge is -2.23. The third kappa shape index (κ3) is 4.45. The first kappa shape index (κ1) is 28.3. The first-order valence-electron chi connectivity index (χ1n) is 16.2. The highest BCUT2D eigenvalue weighted by atomic mass is 16.5. The van der Waals surface area contributed by atoms with Gasteiger partial charge in [0, 0.05) is 5.41 Å². The van der Waals surface area contributed by atoms with Crippen molar-refractivity contribution < 1.29 is 4.74 Å². The van der Waals surface area contributed by atoms with Crippen LogP contribution in [0.1, 0.15) is 41.7 Å². The van der Waals surface area contributed by atoms with Crippen LogP contribution in [-0.4, -0.2) is 7.11 Å². The molecule has 0 spiro atoms. The third-order valence-electron chi connectivity index (χ3n) is 10.3. The lowest BCUT2D eigenvalue weighted by Crippen LogP contribution is -2.15. The van der Waals surface area contributed by atoms with Crippen molar-refractivity contribution in [2.45, 2.75) is 40.0 Å². The highest BCUT2D eigenvalue weighted by Gasteiger charge is 2.36. The van der Waals surface area contributed by atoms with Crippen molar-refractivity contribution in [3.05, 3.63) is 149 Å². The summed E-state index contributed by atoms with van der Waals surface area (Å²) < 4.78 is 5.53. The largest absolute Gasteiger partial charge is 0.496 e. The Morgan fingerprint density at radius 3 is 1.46 bits per heavy atom. The SMILES string of the molecule is COc1cc2ccc(-c3ccc4cc(-c5ccc6c(c5)C(C)(C)c5cc(-c7c(C)cccc7C)ccc5-6)ccc4c3)cc2cc1C. The highest BCUT2D eigenvalue weighted by Crippen LogP contribution is 2.51. The number of hydrogen-bond acceptors (Lipinski definition) is 1. The van der Waals surface area contributed by atoms with Gasteiger partial charge in [0.1, 0.15) is 5.75 Å². The topological polar surface area (TPSA) is 9.23 Å². The molecular formula is C45H38O. The van der Waals surface area contributed by atoms with E-state index in [9.17, 15) is 0 Å². The summed E-state index contributed by atoms with van der Waals surface area (Å²) in [5.41, 5.74) is 16.9. The number of aryl methyl sites for hydroxylation is 3. The fraction of sp³-hybridized carbons (Fsp3) is 0.156. The van der Waals surface area contributed by atoms with Crippen LogP contribution in [0.5, 0.6) is 5.75 Å². The molecule has 1 heteroatoms. The molecule has 0 aromatic heterocycles. The van der Waals surface area contributed by atoms with E-state index in [-0.39, 0.29) is 5.41 Å². The number of benzene rings is 7.